The van der Waals surface area contributed by atoms with Crippen LogP contribution >= 0.6 is 11.3 Å². The quantitative estimate of drug-likeness (QED) is 0.818. The van der Waals surface area contributed by atoms with Gasteiger partial charge in [0.1, 0.15) is 0 Å². The fraction of sp³-hybridized carbons (Fsp3) is 0.167. The predicted octanol–water partition coefficient (Wildman–Crippen LogP) is 3.52. The number of halogens is 3. The van der Waals surface area contributed by atoms with E-state index >= 15 is 0 Å². The van der Waals surface area contributed by atoms with Crippen molar-refractivity contribution in [1.29, 1.82) is 0 Å². The molecule has 2 N–H and O–H groups in total. The minimum Gasteiger partial charge on any atom is -0.320 e. The lowest BCUT2D eigenvalue weighted by Crippen LogP contribution is -2.13. The van der Waals surface area contributed by atoms with Gasteiger partial charge in [-0.1, -0.05) is 6.07 Å². The van der Waals surface area contributed by atoms with Crippen LogP contribution in [0.3, 0.4) is 0 Å². The maximum atomic E-state index is 13.5. The molecule has 1 aromatic heterocycles. The van der Waals surface area contributed by atoms with E-state index in [2.05, 4.69) is 0 Å². The van der Waals surface area contributed by atoms with E-state index in [9.17, 15) is 13.2 Å². The smallest absolute Gasteiger partial charge is 0.194 e. The van der Waals surface area contributed by atoms with Crippen LogP contribution in [0.5, 0.6) is 0 Å². The molecule has 0 saturated heterocycles. The molecule has 0 radical (unpaired) electrons. The third kappa shape index (κ3) is 2.21. The van der Waals surface area contributed by atoms with Gasteiger partial charge in [0.2, 0.25) is 0 Å². The van der Waals surface area contributed by atoms with Gasteiger partial charge in [-0.2, -0.15) is 0 Å². The molecule has 0 fully saturated rings. The number of thiophene rings is 1. The summed E-state index contributed by atoms with van der Waals surface area (Å²) in [7, 11) is 0. The van der Waals surface area contributed by atoms with Crippen LogP contribution in [0.1, 0.15) is 21.4 Å². The summed E-state index contributed by atoms with van der Waals surface area (Å²) < 4.78 is 39.4. The number of nitrogens with two attached hydrogens (primary N) is 1. The Morgan fingerprint density at radius 2 is 1.76 bits per heavy atom. The molecule has 1 heterocycles. The van der Waals surface area contributed by atoms with Crippen molar-refractivity contribution in [3.63, 3.8) is 0 Å². The van der Waals surface area contributed by atoms with E-state index in [1.54, 1.807) is 6.07 Å². The van der Waals surface area contributed by atoms with E-state index in [1.165, 1.54) is 17.4 Å². The van der Waals surface area contributed by atoms with Crippen molar-refractivity contribution in [2.75, 3.05) is 0 Å². The Balaban J connectivity index is 2.44. The maximum Gasteiger partial charge on any atom is 0.194 e. The summed E-state index contributed by atoms with van der Waals surface area (Å²) in [6.45, 7) is 1.89. The zero-order valence-corrected chi connectivity index (χ0v) is 9.82. The Bertz CT molecular complexity index is 551. The van der Waals surface area contributed by atoms with Crippen LogP contribution in [-0.4, -0.2) is 0 Å². The summed E-state index contributed by atoms with van der Waals surface area (Å²) in [5.41, 5.74) is 5.79. The summed E-state index contributed by atoms with van der Waals surface area (Å²) in [5.74, 6) is -3.91. The Morgan fingerprint density at radius 1 is 1.06 bits per heavy atom. The molecule has 1 aromatic carbocycles. The molecule has 90 valence electrons. The molecule has 2 aromatic rings. The van der Waals surface area contributed by atoms with Gasteiger partial charge < -0.3 is 5.73 Å². The predicted molar refractivity (Wildman–Crippen MR) is 61.4 cm³/mol. The summed E-state index contributed by atoms with van der Waals surface area (Å²) in [6.07, 6.45) is 0. The zero-order valence-electron chi connectivity index (χ0n) is 9.01. The Morgan fingerprint density at radius 3 is 2.35 bits per heavy atom. The molecule has 0 aliphatic carbocycles. The van der Waals surface area contributed by atoms with Gasteiger partial charge in [0.15, 0.2) is 17.5 Å². The highest BCUT2D eigenvalue weighted by Gasteiger charge is 2.20. The van der Waals surface area contributed by atoms with Crippen molar-refractivity contribution < 1.29 is 13.2 Å². The molecular weight excluding hydrogens is 247 g/mol. The molecule has 5 heteroatoms. The van der Waals surface area contributed by atoms with E-state index in [0.29, 0.717) is 4.88 Å². The second kappa shape index (κ2) is 4.50. The number of rotatable bonds is 2. The minimum atomic E-state index is -1.48. The largest absolute Gasteiger partial charge is 0.320 e. The second-order valence-electron chi connectivity index (χ2n) is 3.69. The van der Waals surface area contributed by atoms with Crippen molar-refractivity contribution in [3.8, 4) is 0 Å². The summed E-state index contributed by atoms with van der Waals surface area (Å²) in [6, 6.07) is 4.88. The average Bonchev–Trinajstić information content (AvgIpc) is 2.72. The zero-order chi connectivity index (χ0) is 12.6. The topological polar surface area (TPSA) is 26.0 Å². The van der Waals surface area contributed by atoms with Crippen molar-refractivity contribution in [2.24, 2.45) is 5.73 Å². The first kappa shape index (κ1) is 12.1. The van der Waals surface area contributed by atoms with Crippen LogP contribution in [0.25, 0.3) is 0 Å². The van der Waals surface area contributed by atoms with Gasteiger partial charge in [-0.25, -0.2) is 13.2 Å². The minimum absolute atomic E-state index is 0.0363. The van der Waals surface area contributed by atoms with Crippen LogP contribution in [-0.2, 0) is 0 Å². The van der Waals surface area contributed by atoms with Gasteiger partial charge >= 0.3 is 0 Å². The van der Waals surface area contributed by atoms with Crippen LogP contribution in [0.4, 0.5) is 13.2 Å². The SMILES string of the molecule is Cc1ccc(C(N)c2ccc(F)c(F)c2F)s1. The third-order valence-corrected chi connectivity index (χ3v) is 3.55. The number of hydrogen-bond acceptors (Lipinski definition) is 2. The molecule has 0 amide bonds. The molecule has 0 aliphatic heterocycles. The highest BCUT2D eigenvalue weighted by molar-refractivity contribution is 7.12. The van der Waals surface area contributed by atoms with E-state index in [1.807, 2.05) is 13.0 Å². The lowest BCUT2D eigenvalue weighted by atomic mass is 10.1. The van der Waals surface area contributed by atoms with Crippen molar-refractivity contribution in [2.45, 2.75) is 13.0 Å². The van der Waals surface area contributed by atoms with Crippen LogP contribution in [0.2, 0.25) is 0 Å². The Labute approximate surface area is 101 Å². The normalized spacial score (nSPS) is 12.8. The first-order chi connectivity index (χ1) is 8.00. The van der Waals surface area contributed by atoms with Crippen molar-refractivity contribution >= 4 is 11.3 Å². The molecule has 0 spiro atoms. The van der Waals surface area contributed by atoms with E-state index in [4.69, 9.17) is 5.73 Å². The van der Waals surface area contributed by atoms with Crippen LogP contribution in [0, 0.1) is 24.4 Å². The molecular formula is C12H10F3NS. The number of hydrogen-bond donors (Lipinski definition) is 1. The van der Waals surface area contributed by atoms with Crippen molar-refractivity contribution in [3.05, 3.63) is 57.0 Å². The monoisotopic (exact) mass is 257 g/mol. The van der Waals surface area contributed by atoms with Crippen molar-refractivity contribution in [1.82, 2.24) is 0 Å². The molecule has 1 atom stereocenters. The van der Waals surface area contributed by atoms with E-state index in [0.717, 1.165) is 10.9 Å². The number of aryl methyl sites for hydroxylation is 1. The van der Waals surface area contributed by atoms with E-state index in [-0.39, 0.29) is 5.56 Å². The average molecular weight is 257 g/mol. The second-order valence-corrected chi connectivity index (χ2v) is 5.01. The molecule has 0 saturated carbocycles. The molecule has 1 unspecified atom stereocenters. The first-order valence-electron chi connectivity index (χ1n) is 4.96. The van der Waals surface area contributed by atoms with Gasteiger partial charge in [0.05, 0.1) is 6.04 Å². The Hall–Kier alpha value is -1.33. The van der Waals surface area contributed by atoms with Gasteiger partial charge in [-0.3, -0.25) is 0 Å². The van der Waals surface area contributed by atoms with Crippen LogP contribution in [0.15, 0.2) is 24.3 Å². The summed E-state index contributed by atoms with van der Waals surface area (Å²) in [5, 5.41) is 0. The maximum absolute atomic E-state index is 13.5. The van der Waals surface area contributed by atoms with Crippen LogP contribution < -0.4 is 5.73 Å². The summed E-state index contributed by atoms with van der Waals surface area (Å²) >= 11 is 1.40. The highest BCUT2D eigenvalue weighted by atomic mass is 32.1. The molecule has 17 heavy (non-hydrogen) atoms. The summed E-state index contributed by atoms with van der Waals surface area (Å²) in [4.78, 5) is 1.74. The molecule has 0 bridgehead atoms. The third-order valence-electron chi connectivity index (χ3n) is 2.47. The lowest BCUT2D eigenvalue weighted by molar-refractivity contribution is 0.439. The lowest BCUT2D eigenvalue weighted by Gasteiger charge is -2.11. The number of benzene rings is 1. The molecule has 0 aliphatic rings. The fourth-order valence-electron chi connectivity index (χ4n) is 1.55. The fourth-order valence-corrected chi connectivity index (χ4v) is 2.45. The van der Waals surface area contributed by atoms with Gasteiger partial charge in [-0.05, 0) is 25.1 Å². The van der Waals surface area contributed by atoms with Gasteiger partial charge in [-0.15, -0.1) is 11.3 Å². The Kier molecular flexibility index (Phi) is 3.22. The van der Waals surface area contributed by atoms with Gasteiger partial charge in [0.25, 0.3) is 0 Å². The molecule has 2 rings (SSSR count). The standard InChI is InChI=1S/C12H10F3NS/c1-6-2-5-9(17-6)12(16)7-3-4-8(13)11(15)10(7)14/h2-5,12H,16H2,1H3. The van der Waals surface area contributed by atoms with Gasteiger partial charge in [0, 0.05) is 15.3 Å². The highest BCUT2D eigenvalue weighted by Crippen LogP contribution is 2.29. The van der Waals surface area contributed by atoms with E-state index < -0.39 is 23.5 Å². The first-order valence-corrected chi connectivity index (χ1v) is 5.77. The molecule has 1 nitrogen and oxygen atoms in total.